The normalized spacial score (nSPS) is 11.5. The molecule has 26 heavy (non-hydrogen) atoms. The molecular formula is C18H16BrNO5S. The van der Waals surface area contributed by atoms with Crippen LogP contribution in [0.15, 0.2) is 51.8 Å². The summed E-state index contributed by atoms with van der Waals surface area (Å²) < 4.78 is 36.1. The molecule has 1 aromatic heterocycles. The number of aromatic nitrogens is 1. The average Bonchev–Trinajstić information content (AvgIpc) is 2.99. The summed E-state index contributed by atoms with van der Waals surface area (Å²) in [6.45, 7) is 3.81. The molecule has 2 aromatic carbocycles. The molecule has 0 aliphatic carbocycles. The number of nitrogens with one attached hydrogen (secondary N) is 1. The molecule has 0 aliphatic rings. The van der Waals surface area contributed by atoms with Crippen molar-refractivity contribution in [1.29, 1.82) is 0 Å². The van der Waals surface area contributed by atoms with Gasteiger partial charge in [0, 0.05) is 9.86 Å². The summed E-state index contributed by atoms with van der Waals surface area (Å²) in [5.74, 6) is -0.433. The summed E-state index contributed by atoms with van der Waals surface area (Å²) in [6.07, 6.45) is 0. The van der Waals surface area contributed by atoms with Crippen LogP contribution >= 0.6 is 15.9 Å². The molecule has 0 amide bonds. The standard InChI is InChI=1S/C18H16BrNO5S/c1-3-24-18(21)15-9-12-8-13(19)10-16(17(12)20-15)25-26(22,23)14-6-4-11(2)5-7-14/h4-10,20H,3H2,1-2H3. The van der Waals surface area contributed by atoms with Crippen molar-refractivity contribution < 1.29 is 22.1 Å². The van der Waals surface area contributed by atoms with E-state index in [-0.39, 0.29) is 22.9 Å². The van der Waals surface area contributed by atoms with Crippen molar-refractivity contribution in [2.45, 2.75) is 18.7 Å². The number of H-pyrrole nitrogens is 1. The van der Waals surface area contributed by atoms with E-state index in [4.69, 9.17) is 8.92 Å². The fourth-order valence-corrected chi connectivity index (χ4v) is 3.82. The van der Waals surface area contributed by atoms with Crippen molar-refractivity contribution in [1.82, 2.24) is 4.98 Å². The van der Waals surface area contributed by atoms with E-state index in [1.54, 1.807) is 31.2 Å². The zero-order valence-electron chi connectivity index (χ0n) is 14.1. The van der Waals surface area contributed by atoms with E-state index in [0.717, 1.165) is 5.56 Å². The van der Waals surface area contributed by atoms with Crippen molar-refractivity contribution >= 4 is 42.9 Å². The molecule has 8 heteroatoms. The van der Waals surface area contributed by atoms with Gasteiger partial charge in [-0.3, -0.25) is 0 Å². The number of benzene rings is 2. The molecule has 0 fully saturated rings. The van der Waals surface area contributed by atoms with Gasteiger partial charge in [-0.25, -0.2) is 4.79 Å². The average molecular weight is 438 g/mol. The highest BCUT2D eigenvalue weighted by Gasteiger charge is 2.20. The van der Waals surface area contributed by atoms with Crippen molar-refractivity contribution in [3.63, 3.8) is 0 Å². The first kappa shape index (κ1) is 18.5. The zero-order chi connectivity index (χ0) is 18.9. The van der Waals surface area contributed by atoms with Gasteiger partial charge in [0.2, 0.25) is 0 Å². The number of carbonyl (C=O) groups is 1. The predicted octanol–water partition coefficient (Wildman–Crippen LogP) is 4.18. The molecule has 0 saturated carbocycles. The summed E-state index contributed by atoms with van der Waals surface area (Å²) in [6, 6.07) is 11.2. The second-order valence-corrected chi connectivity index (χ2v) is 8.08. The maximum absolute atomic E-state index is 12.6. The van der Waals surface area contributed by atoms with Gasteiger partial charge in [0.15, 0.2) is 5.75 Å². The van der Waals surface area contributed by atoms with Crippen LogP contribution in [0.5, 0.6) is 5.75 Å². The molecule has 6 nitrogen and oxygen atoms in total. The van der Waals surface area contributed by atoms with Crippen LogP contribution in [-0.4, -0.2) is 26.0 Å². The second-order valence-electron chi connectivity index (χ2n) is 5.62. The Kier molecular flexibility index (Phi) is 5.06. The summed E-state index contributed by atoms with van der Waals surface area (Å²) in [4.78, 5) is 14.8. The van der Waals surface area contributed by atoms with Crippen LogP contribution < -0.4 is 4.18 Å². The van der Waals surface area contributed by atoms with E-state index in [2.05, 4.69) is 20.9 Å². The van der Waals surface area contributed by atoms with Crippen molar-refractivity contribution in [3.05, 3.63) is 58.2 Å². The molecule has 0 bridgehead atoms. The van der Waals surface area contributed by atoms with Gasteiger partial charge in [-0.05, 0) is 44.2 Å². The Morgan fingerprint density at radius 2 is 1.85 bits per heavy atom. The number of esters is 1. The topological polar surface area (TPSA) is 85.5 Å². The maximum Gasteiger partial charge on any atom is 0.354 e. The molecule has 3 rings (SSSR count). The minimum Gasteiger partial charge on any atom is -0.461 e. The number of hydrogen-bond acceptors (Lipinski definition) is 5. The molecule has 0 spiro atoms. The van der Waals surface area contributed by atoms with Gasteiger partial charge < -0.3 is 13.9 Å². The van der Waals surface area contributed by atoms with Crippen LogP contribution in [0.1, 0.15) is 23.0 Å². The molecule has 1 heterocycles. The fourth-order valence-electron chi connectivity index (χ4n) is 2.43. The van der Waals surface area contributed by atoms with E-state index in [1.807, 2.05) is 6.92 Å². The number of fused-ring (bicyclic) bond motifs is 1. The third-order valence-corrected chi connectivity index (χ3v) is 5.37. The minimum absolute atomic E-state index is 0.0494. The van der Waals surface area contributed by atoms with E-state index in [0.29, 0.717) is 15.4 Å². The quantitative estimate of drug-likeness (QED) is 0.477. The molecule has 0 saturated heterocycles. The van der Waals surface area contributed by atoms with Gasteiger partial charge in [-0.15, -0.1) is 0 Å². The Balaban J connectivity index is 2.04. The molecule has 0 atom stereocenters. The Morgan fingerprint density at radius 3 is 2.50 bits per heavy atom. The Morgan fingerprint density at radius 1 is 1.15 bits per heavy atom. The van der Waals surface area contributed by atoms with Gasteiger partial charge >= 0.3 is 16.1 Å². The summed E-state index contributed by atoms with van der Waals surface area (Å²) in [5, 5.41) is 0.622. The van der Waals surface area contributed by atoms with E-state index in [9.17, 15) is 13.2 Å². The third-order valence-electron chi connectivity index (χ3n) is 3.66. The lowest BCUT2D eigenvalue weighted by atomic mass is 10.2. The van der Waals surface area contributed by atoms with E-state index in [1.165, 1.54) is 18.2 Å². The van der Waals surface area contributed by atoms with E-state index < -0.39 is 16.1 Å². The van der Waals surface area contributed by atoms with Crippen LogP contribution in [0.25, 0.3) is 10.9 Å². The lowest BCUT2D eigenvalue weighted by Crippen LogP contribution is -2.10. The number of hydrogen-bond donors (Lipinski definition) is 1. The summed E-state index contributed by atoms with van der Waals surface area (Å²) in [5.41, 5.74) is 1.56. The molecule has 0 aliphatic heterocycles. The van der Waals surface area contributed by atoms with Crippen LogP contribution in [0, 0.1) is 6.92 Å². The number of carbonyl (C=O) groups excluding carboxylic acids is 1. The number of rotatable bonds is 5. The SMILES string of the molecule is CCOC(=O)c1cc2cc(Br)cc(OS(=O)(=O)c3ccc(C)cc3)c2[nH]1. The predicted molar refractivity (Wildman–Crippen MR) is 101 cm³/mol. The van der Waals surface area contributed by atoms with Gasteiger partial charge in [0.05, 0.1) is 12.1 Å². The number of ether oxygens (including phenoxy) is 1. The monoisotopic (exact) mass is 437 g/mol. The number of aromatic amines is 1. The largest absolute Gasteiger partial charge is 0.461 e. The molecule has 1 N–H and O–H groups in total. The lowest BCUT2D eigenvalue weighted by molar-refractivity contribution is 0.0520. The second kappa shape index (κ2) is 7.13. The Labute approximate surface area is 159 Å². The van der Waals surface area contributed by atoms with Crippen LogP contribution in [0.2, 0.25) is 0 Å². The first-order valence-corrected chi connectivity index (χ1v) is 10.0. The minimum atomic E-state index is -4.02. The van der Waals surface area contributed by atoms with Gasteiger partial charge in [-0.1, -0.05) is 33.6 Å². The smallest absolute Gasteiger partial charge is 0.354 e. The summed E-state index contributed by atoms with van der Waals surface area (Å²) in [7, 11) is -4.02. The first-order chi connectivity index (χ1) is 12.3. The molecule has 3 aromatic rings. The number of halogens is 1. The molecule has 0 radical (unpaired) electrons. The lowest BCUT2D eigenvalue weighted by Gasteiger charge is -2.09. The fraction of sp³-hybridized carbons (Fsp3) is 0.167. The van der Waals surface area contributed by atoms with Crippen LogP contribution in [-0.2, 0) is 14.9 Å². The Bertz CT molecular complexity index is 1070. The van der Waals surface area contributed by atoms with Crippen molar-refractivity contribution in [3.8, 4) is 5.75 Å². The number of aryl methyl sites for hydroxylation is 1. The molecule has 0 unspecified atom stereocenters. The third kappa shape index (κ3) is 3.76. The van der Waals surface area contributed by atoms with Crippen LogP contribution in [0.4, 0.5) is 0 Å². The zero-order valence-corrected chi connectivity index (χ0v) is 16.5. The van der Waals surface area contributed by atoms with Gasteiger partial charge in [0.25, 0.3) is 0 Å². The van der Waals surface area contributed by atoms with Gasteiger partial charge in [-0.2, -0.15) is 8.42 Å². The molecular weight excluding hydrogens is 422 g/mol. The van der Waals surface area contributed by atoms with Crippen molar-refractivity contribution in [2.24, 2.45) is 0 Å². The van der Waals surface area contributed by atoms with Gasteiger partial charge in [0.1, 0.15) is 10.6 Å². The van der Waals surface area contributed by atoms with Crippen LogP contribution in [0.3, 0.4) is 0 Å². The highest BCUT2D eigenvalue weighted by Crippen LogP contribution is 2.32. The highest BCUT2D eigenvalue weighted by molar-refractivity contribution is 9.10. The molecule has 136 valence electrons. The Hall–Kier alpha value is -2.32. The first-order valence-electron chi connectivity index (χ1n) is 7.80. The highest BCUT2D eigenvalue weighted by atomic mass is 79.9. The van der Waals surface area contributed by atoms with E-state index >= 15 is 0 Å². The summed E-state index contributed by atoms with van der Waals surface area (Å²) >= 11 is 3.33. The van der Waals surface area contributed by atoms with Crippen molar-refractivity contribution in [2.75, 3.05) is 6.61 Å². The maximum atomic E-state index is 12.6.